The van der Waals surface area contributed by atoms with Crippen molar-refractivity contribution in [3.8, 4) is 0 Å². The maximum absolute atomic E-state index is 2.43. The van der Waals surface area contributed by atoms with Crippen molar-refractivity contribution in [1.82, 2.24) is 0 Å². The average molecular weight is 184 g/mol. The lowest BCUT2D eigenvalue weighted by molar-refractivity contribution is 0.119. The predicted molar refractivity (Wildman–Crippen MR) is 61.9 cm³/mol. The topological polar surface area (TPSA) is 0 Å². The first-order valence-corrected chi connectivity index (χ1v) is 6.02. The van der Waals surface area contributed by atoms with Crippen molar-refractivity contribution >= 4 is 0 Å². The molecular weight excluding hydrogens is 156 g/mol. The monoisotopic (exact) mass is 184 g/mol. The van der Waals surface area contributed by atoms with Crippen molar-refractivity contribution in [1.29, 1.82) is 0 Å². The fourth-order valence-corrected chi connectivity index (χ4v) is 2.60. The molecule has 0 spiro atoms. The summed E-state index contributed by atoms with van der Waals surface area (Å²) in [5.41, 5.74) is 0.542. The first-order chi connectivity index (χ1) is 6.02. The first-order valence-electron chi connectivity index (χ1n) is 6.02. The largest absolute Gasteiger partial charge is 0.0683 e. The maximum atomic E-state index is 2.43. The molecule has 0 heteroatoms. The summed E-state index contributed by atoms with van der Waals surface area (Å²) in [5, 5.41) is 0. The molecule has 2 unspecified atom stereocenters. The molecule has 1 fully saturated rings. The van der Waals surface area contributed by atoms with Gasteiger partial charge in [0.05, 0.1) is 0 Å². The van der Waals surface area contributed by atoms with Gasteiger partial charge in [-0.25, -0.2) is 0 Å². The van der Waals surface area contributed by atoms with Crippen LogP contribution in [0.25, 0.3) is 0 Å². The molecule has 2 atom stereocenters. The standard InChI is InChI=1S/C11H22.C2H6/c1-9-7-5-6-8-10(9)11(2,3)4;1-2/h9-10H,5-8H2,1-4H3;1-2H3. The van der Waals surface area contributed by atoms with Gasteiger partial charge in [-0.3, -0.25) is 0 Å². The normalized spacial score (nSPS) is 29.1. The van der Waals surface area contributed by atoms with E-state index in [4.69, 9.17) is 0 Å². The highest BCUT2D eigenvalue weighted by Crippen LogP contribution is 2.41. The Morgan fingerprint density at radius 3 is 1.69 bits per heavy atom. The molecule has 1 aliphatic rings. The molecule has 0 aromatic carbocycles. The Hall–Kier alpha value is 0. The minimum atomic E-state index is 0.542. The minimum Gasteiger partial charge on any atom is -0.0683 e. The van der Waals surface area contributed by atoms with E-state index in [-0.39, 0.29) is 0 Å². The fourth-order valence-electron chi connectivity index (χ4n) is 2.60. The van der Waals surface area contributed by atoms with Crippen LogP contribution in [-0.4, -0.2) is 0 Å². The molecule has 1 rings (SSSR count). The van der Waals surface area contributed by atoms with Crippen molar-refractivity contribution in [2.24, 2.45) is 17.3 Å². The Kier molecular flexibility index (Phi) is 5.67. The van der Waals surface area contributed by atoms with Gasteiger partial charge < -0.3 is 0 Å². The molecule has 0 aromatic rings. The van der Waals surface area contributed by atoms with Gasteiger partial charge in [-0.15, -0.1) is 0 Å². The van der Waals surface area contributed by atoms with Crippen LogP contribution < -0.4 is 0 Å². The zero-order valence-electron chi connectivity index (χ0n) is 10.5. The molecule has 0 N–H and O–H groups in total. The van der Waals surface area contributed by atoms with E-state index in [1.165, 1.54) is 25.7 Å². The molecule has 13 heavy (non-hydrogen) atoms. The van der Waals surface area contributed by atoms with Gasteiger partial charge in [-0.1, -0.05) is 60.8 Å². The van der Waals surface area contributed by atoms with E-state index in [1.807, 2.05) is 13.8 Å². The van der Waals surface area contributed by atoms with Gasteiger partial charge >= 0.3 is 0 Å². The van der Waals surface area contributed by atoms with Crippen LogP contribution in [0.3, 0.4) is 0 Å². The van der Waals surface area contributed by atoms with Crippen molar-refractivity contribution in [3.63, 3.8) is 0 Å². The van der Waals surface area contributed by atoms with Gasteiger partial charge in [0.2, 0.25) is 0 Å². The highest BCUT2D eigenvalue weighted by molar-refractivity contribution is 4.81. The van der Waals surface area contributed by atoms with Crippen molar-refractivity contribution < 1.29 is 0 Å². The van der Waals surface area contributed by atoms with Crippen LogP contribution in [-0.2, 0) is 0 Å². The summed E-state index contributed by atoms with van der Waals surface area (Å²) in [7, 11) is 0. The third-order valence-corrected chi connectivity index (χ3v) is 3.22. The average Bonchev–Trinajstić information content (AvgIpc) is 2.07. The van der Waals surface area contributed by atoms with E-state index in [2.05, 4.69) is 27.7 Å². The van der Waals surface area contributed by atoms with Gasteiger partial charge in [0, 0.05) is 0 Å². The van der Waals surface area contributed by atoms with Crippen LogP contribution in [0.4, 0.5) is 0 Å². The zero-order chi connectivity index (χ0) is 10.5. The summed E-state index contributed by atoms with van der Waals surface area (Å²) >= 11 is 0. The van der Waals surface area contributed by atoms with Crippen LogP contribution >= 0.6 is 0 Å². The molecule has 1 saturated carbocycles. The molecular formula is C13H28. The summed E-state index contributed by atoms with van der Waals surface area (Å²) in [5.74, 6) is 1.93. The highest BCUT2D eigenvalue weighted by Gasteiger charge is 2.30. The van der Waals surface area contributed by atoms with E-state index >= 15 is 0 Å². The summed E-state index contributed by atoms with van der Waals surface area (Å²) in [6, 6.07) is 0. The third-order valence-electron chi connectivity index (χ3n) is 3.22. The fraction of sp³-hybridized carbons (Fsp3) is 1.00. The molecule has 80 valence electrons. The molecule has 0 aromatic heterocycles. The smallest absolute Gasteiger partial charge is 0.0340 e. The molecule has 0 heterocycles. The molecule has 0 bridgehead atoms. The molecule has 0 amide bonds. The Bertz CT molecular complexity index is 118. The van der Waals surface area contributed by atoms with Gasteiger partial charge in [0.1, 0.15) is 0 Å². The highest BCUT2D eigenvalue weighted by atomic mass is 14.4. The second-order valence-corrected chi connectivity index (χ2v) is 5.23. The Morgan fingerprint density at radius 1 is 0.923 bits per heavy atom. The number of rotatable bonds is 0. The Labute approximate surface area is 85.1 Å². The van der Waals surface area contributed by atoms with Crippen LogP contribution in [0.15, 0.2) is 0 Å². The number of hydrogen-bond donors (Lipinski definition) is 0. The van der Waals surface area contributed by atoms with E-state index in [1.54, 1.807) is 0 Å². The zero-order valence-corrected chi connectivity index (χ0v) is 10.5. The molecule has 0 radical (unpaired) electrons. The van der Waals surface area contributed by atoms with E-state index in [9.17, 15) is 0 Å². The van der Waals surface area contributed by atoms with Gasteiger partial charge in [0.25, 0.3) is 0 Å². The lowest BCUT2D eigenvalue weighted by Gasteiger charge is -2.38. The van der Waals surface area contributed by atoms with Crippen LogP contribution in [0.1, 0.15) is 67.2 Å². The molecule has 0 aliphatic heterocycles. The van der Waals surface area contributed by atoms with Gasteiger partial charge in [-0.2, -0.15) is 0 Å². The predicted octanol–water partition coefficient (Wildman–Crippen LogP) is 4.89. The Morgan fingerprint density at radius 2 is 1.38 bits per heavy atom. The van der Waals surface area contributed by atoms with Crippen LogP contribution in [0.2, 0.25) is 0 Å². The second kappa shape index (κ2) is 5.67. The summed E-state index contributed by atoms with van der Waals surface area (Å²) in [6.45, 7) is 13.6. The third kappa shape index (κ3) is 4.15. The quantitative estimate of drug-likeness (QED) is 0.503. The van der Waals surface area contributed by atoms with Crippen LogP contribution in [0, 0.1) is 17.3 Å². The van der Waals surface area contributed by atoms with Crippen molar-refractivity contribution in [2.75, 3.05) is 0 Å². The van der Waals surface area contributed by atoms with Crippen LogP contribution in [0.5, 0.6) is 0 Å². The SMILES string of the molecule is CC.CC1CCCCC1C(C)(C)C. The van der Waals surface area contributed by atoms with E-state index < -0.39 is 0 Å². The summed E-state index contributed by atoms with van der Waals surface area (Å²) < 4.78 is 0. The summed E-state index contributed by atoms with van der Waals surface area (Å²) in [6.07, 6.45) is 5.85. The van der Waals surface area contributed by atoms with Crippen molar-refractivity contribution in [2.45, 2.75) is 67.2 Å². The molecule has 0 nitrogen and oxygen atoms in total. The van der Waals surface area contributed by atoms with Gasteiger partial charge in [0.15, 0.2) is 0 Å². The second-order valence-electron chi connectivity index (χ2n) is 5.23. The minimum absolute atomic E-state index is 0.542. The summed E-state index contributed by atoms with van der Waals surface area (Å²) in [4.78, 5) is 0. The lowest BCUT2D eigenvalue weighted by Crippen LogP contribution is -2.29. The van der Waals surface area contributed by atoms with Gasteiger partial charge in [-0.05, 0) is 23.7 Å². The lowest BCUT2D eigenvalue weighted by atomic mass is 9.67. The van der Waals surface area contributed by atoms with Crippen molar-refractivity contribution in [3.05, 3.63) is 0 Å². The number of hydrogen-bond acceptors (Lipinski definition) is 0. The first kappa shape index (κ1) is 13.0. The van der Waals surface area contributed by atoms with E-state index in [0.717, 1.165) is 11.8 Å². The Balaban J connectivity index is 0.000000671. The molecule has 0 saturated heterocycles. The molecule has 1 aliphatic carbocycles. The maximum Gasteiger partial charge on any atom is -0.0340 e. The van der Waals surface area contributed by atoms with E-state index in [0.29, 0.717) is 5.41 Å².